The molecule has 9 aromatic carbocycles. The first-order valence-electron chi connectivity index (χ1n) is 30.8. The van der Waals surface area contributed by atoms with Crippen LogP contribution in [0.25, 0.3) is 38.8 Å². The fourth-order valence-corrected chi connectivity index (χ4v) is 15.8. The molecule has 1 aliphatic heterocycles. The third-order valence-electron chi connectivity index (χ3n) is 18.6. The number of fused-ring (bicyclic) bond motifs is 4. The number of rotatable bonds is 6. The van der Waals surface area contributed by atoms with Crippen molar-refractivity contribution >= 4 is 38.9 Å². The minimum Gasteiger partial charge on any atom is -0.509 e. The Kier molecular flexibility index (Phi) is 10.4. The number of ether oxygens (including phenoxy) is 1. The Labute approximate surface area is 504 Å². The number of hydrogen-bond donors (Lipinski definition) is 0. The van der Waals surface area contributed by atoms with Crippen molar-refractivity contribution < 1.29 is 32.7 Å². The van der Waals surface area contributed by atoms with Gasteiger partial charge in [-0.3, -0.25) is 0 Å². The maximum Gasteiger partial charge on any atom is 0.135 e. The van der Waals surface area contributed by atoms with E-state index in [0.29, 0.717) is 28.4 Å². The van der Waals surface area contributed by atoms with Gasteiger partial charge < -0.3 is 19.1 Å². The maximum absolute atomic E-state index is 8.85. The molecule has 0 atom stereocenters. The summed E-state index contributed by atoms with van der Waals surface area (Å²) in [6.45, 7) is 23.7. The van der Waals surface area contributed by atoms with Gasteiger partial charge in [0.15, 0.2) is 0 Å². The van der Waals surface area contributed by atoms with E-state index >= 15 is 0 Å². The van der Waals surface area contributed by atoms with Crippen LogP contribution in [0.2, 0.25) is 0 Å². The van der Waals surface area contributed by atoms with Crippen molar-refractivity contribution in [3.05, 3.63) is 287 Å². The summed E-state index contributed by atoms with van der Waals surface area (Å²) < 4.78 is 51.9. The molecule has 2 aromatic heterocycles. The number of aromatic nitrogens is 2. The molecule has 0 N–H and O–H groups in total. The van der Waals surface area contributed by atoms with E-state index in [2.05, 4.69) is 229 Å². The van der Waals surface area contributed by atoms with Gasteiger partial charge in [0.1, 0.15) is 5.82 Å². The van der Waals surface area contributed by atoms with Crippen LogP contribution in [0.3, 0.4) is 0 Å². The van der Waals surface area contributed by atoms with Crippen molar-refractivity contribution in [1.29, 1.82) is 0 Å². The van der Waals surface area contributed by atoms with Gasteiger partial charge in [0, 0.05) is 67.0 Å². The van der Waals surface area contributed by atoms with Crippen molar-refractivity contribution in [3.8, 4) is 28.4 Å². The third kappa shape index (κ3) is 6.87. The Hall–Kier alpha value is -7.98. The Morgan fingerprint density at radius 3 is 1.78 bits per heavy atom. The predicted molar refractivity (Wildman–Crippen MR) is 331 cm³/mol. The molecule has 6 heteroatoms. The molecular formula is C76H65N4OPt-3. The molecule has 0 saturated carbocycles. The largest absolute Gasteiger partial charge is 0.509 e. The summed E-state index contributed by atoms with van der Waals surface area (Å²) in [6, 6.07) is 72.0. The molecule has 3 heterocycles. The SMILES string of the molecule is [2H]c1c([2H])c([2H])c(-c2ccc3c(c2)c2ccc(Oc4[c-]c(N5[CH-]N(C67c8ccccc8C(c8ccccc86)C6(C(C)(C)C)c8ccccc8C7(C(C)(C)C)c7ccccc76)c6ccccc65)ccc4)[c-]c2n3-c2cc(C(C)(C)C)ccn2)c([2H])c1[2H].[Pt]. The van der Waals surface area contributed by atoms with Crippen LogP contribution in [0.4, 0.5) is 17.1 Å². The van der Waals surface area contributed by atoms with Crippen molar-refractivity contribution in [2.45, 2.75) is 90.0 Å². The van der Waals surface area contributed by atoms with Gasteiger partial charge in [0.2, 0.25) is 0 Å². The first-order valence-corrected chi connectivity index (χ1v) is 28.3. The summed E-state index contributed by atoms with van der Waals surface area (Å²) in [5.74, 6) is 1.64. The maximum atomic E-state index is 8.85. The number of pyridine rings is 1. The second kappa shape index (κ2) is 18.3. The van der Waals surface area contributed by atoms with E-state index in [1.807, 2.05) is 54.7 Å². The smallest absolute Gasteiger partial charge is 0.135 e. The summed E-state index contributed by atoms with van der Waals surface area (Å²) in [7, 11) is 0. The van der Waals surface area contributed by atoms with Gasteiger partial charge in [-0.1, -0.05) is 219 Å². The van der Waals surface area contributed by atoms with E-state index in [1.165, 1.54) is 44.5 Å². The zero-order chi connectivity index (χ0) is 59.8. The van der Waals surface area contributed by atoms with E-state index in [9.17, 15) is 0 Å². The normalized spacial score (nSPS) is 21.2. The Balaban J connectivity index is 0.00000667. The molecule has 4 bridgehead atoms. The van der Waals surface area contributed by atoms with Gasteiger partial charge in [-0.2, -0.15) is 18.8 Å². The summed E-state index contributed by atoms with van der Waals surface area (Å²) in [5, 5.41) is 1.64. The van der Waals surface area contributed by atoms with Crippen LogP contribution < -0.4 is 14.5 Å². The number of nitrogens with zero attached hydrogens (tertiary/aromatic N) is 4. The summed E-state index contributed by atoms with van der Waals surface area (Å²) >= 11 is 0. The van der Waals surface area contributed by atoms with Crippen LogP contribution >= 0.6 is 0 Å². The van der Waals surface area contributed by atoms with E-state index in [-0.39, 0.29) is 67.5 Å². The average molecular weight is 1250 g/mol. The molecular weight excluding hydrogens is 1180 g/mol. The minimum absolute atomic E-state index is 0. The molecule has 0 unspecified atom stereocenters. The molecule has 18 rings (SSSR count). The molecule has 7 aliphatic rings. The molecule has 5 nitrogen and oxygen atoms in total. The predicted octanol–water partition coefficient (Wildman–Crippen LogP) is 18.7. The summed E-state index contributed by atoms with van der Waals surface area (Å²) in [6.07, 6.45) is 1.83. The Morgan fingerprint density at radius 2 is 1.15 bits per heavy atom. The van der Waals surface area contributed by atoms with E-state index in [0.717, 1.165) is 38.9 Å². The summed E-state index contributed by atoms with van der Waals surface area (Å²) in [5.41, 5.74) is 14.1. The van der Waals surface area contributed by atoms with Gasteiger partial charge in [-0.15, -0.1) is 41.4 Å². The van der Waals surface area contributed by atoms with Gasteiger partial charge in [0.05, 0.1) is 17.8 Å². The fraction of sp³-hybridized carbons (Fsp3) is 0.211. The molecule has 0 spiro atoms. The first kappa shape index (κ1) is 46.6. The molecule has 0 radical (unpaired) electrons. The van der Waals surface area contributed by atoms with Gasteiger partial charge in [-0.25, -0.2) is 4.98 Å². The van der Waals surface area contributed by atoms with Crippen LogP contribution in [0, 0.1) is 29.6 Å². The monoisotopic (exact) mass is 1250 g/mol. The van der Waals surface area contributed by atoms with Crippen molar-refractivity contribution in [1.82, 2.24) is 9.55 Å². The van der Waals surface area contributed by atoms with Crippen LogP contribution in [-0.2, 0) is 42.8 Å². The van der Waals surface area contributed by atoms with Crippen LogP contribution in [0.1, 0.15) is 125 Å². The van der Waals surface area contributed by atoms with Crippen molar-refractivity contribution in [3.63, 3.8) is 0 Å². The Bertz CT molecular complexity index is 4560. The quantitative estimate of drug-likeness (QED) is 0.155. The van der Waals surface area contributed by atoms with E-state index in [1.54, 1.807) is 0 Å². The standard InChI is InChI=1S/C76H65N4O.Pt/c1-71(2,3)51-42-43-77-69(45-51)80-65-41-38-50(49-24-11-10-12-25-49)44-58(65)55-40-39-54(47-68(55)80)81-53-27-23-26-52(46-53)78-48-79(67-37-22-21-36-66(67)78)76-59-30-15-13-28-56(59)70(57-29-14-16-31-60(57)76)74(72(4,5)6)61-32-17-19-34-63(61)75(76,73(7,8)9)64-35-20-18-33-62(64)74;/h10-45,48,70H,1-9H3;/q-3;/i10D,11D,12D,24D,25D;. The van der Waals surface area contributed by atoms with Crippen LogP contribution in [-0.4, -0.2) is 9.55 Å². The van der Waals surface area contributed by atoms with E-state index < -0.39 is 27.8 Å². The van der Waals surface area contributed by atoms with Crippen molar-refractivity contribution in [2.24, 2.45) is 10.8 Å². The second-order valence-electron chi connectivity index (χ2n) is 25.6. The van der Waals surface area contributed by atoms with Gasteiger partial charge >= 0.3 is 0 Å². The second-order valence-corrected chi connectivity index (χ2v) is 25.6. The van der Waals surface area contributed by atoms with Gasteiger partial charge in [-0.05, 0) is 113 Å². The Morgan fingerprint density at radius 1 is 0.549 bits per heavy atom. The average Bonchev–Trinajstić information content (AvgIpc) is 1.14. The number of para-hydroxylation sites is 2. The van der Waals surface area contributed by atoms with E-state index in [4.69, 9.17) is 16.6 Å². The molecule has 0 fully saturated rings. The zero-order valence-corrected chi connectivity index (χ0v) is 49.8. The summed E-state index contributed by atoms with van der Waals surface area (Å²) in [4.78, 5) is 9.85. The molecule has 6 aliphatic carbocycles. The number of hydrogen-bond acceptors (Lipinski definition) is 4. The topological polar surface area (TPSA) is 33.5 Å². The molecule has 0 amide bonds. The fourth-order valence-electron chi connectivity index (χ4n) is 15.8. The number of anilines is 3. The first-order chi connectivity index (χ1) is 41.1. The van der Waals surface area contributed by atoms with Gasteiger partial charge in [0.25, 0.3) is 0 Å². The van der Waals surface area contributed by atoms with Crippen LogP contribution in [0.5, 0.6) is 11.5 Å². The minimum atomic E-state index is -0.871. The van der Waals surface area contributed by atoms with Crippen molar-refractivity contribution in [2.75, 3.05) is 9.80 Å². The molecule has 11 aromatic rings. The molecule has 0 saturated heterocycles. The third-order valence-corrected chi connectivity index (χ3v) is 18.6. The number of benzene rings is 9. The molecule has 408 valence electrons. The van der Waals surface area contributed by atoms with Crippen LogP contribution in [0.15, 0.2) is 218 Å². The molecule has 82 heavy (non-hydrogen) atoms. The zero-order valence-electron chi connectivity index (χ0n) is 52.6.